The summed E-state index contributed by atoms with van der Waals surface area (Å²) >= 11 is 0. The molecule has 1 aromatic carbocycles. The molecule has 24 heavy (non-hydrogen) atoms. The summed E-state index contributed by atoms with van der Waals surface area (Å²) in [5.41, 5.74) is -0.293. The average Bonchev–Trinajstić information content (AvgIpc) is 3.01. The molecule has 1 unspecified atom stereocenters. The molecule has 0 bridgehead atoms. The third-order valence-corrected chi connectivity index (χ3v) is 4.91. The number of hydrogen-bond acceptors (Lipinski definition) is 6. The summed E-state index contributed by atoms with van der Waals surface area (Å²) in [6, 6.07) is 4.72. The van der Waals surface area contributed by atoms with E-state index < -0.39 is 22.0 Å². The quantitative estimate of drug-likeness (QED) is 0.714. The molecule has 130 valence electrons. The van der Waals surface area contributed by atoms with Gasteiger partial charge in [-0.2, -0.15) is 0 Å². The van der Waals surface area contributed by atoms with Gasteiger partial charge in [0.05, 0.1) is 23.1 Å². The van der Waals surface area contributed by atoms with E-state index in [1.165, 1.54) is 30.6 Å². The first kappa shape index (κ1) is 18.0. The van der Waals surface area contributed by atoms with Gasteiger partial charge in [-0.3, -0.25) is 0 Å². The number of methoxy groups -OCH3 is 1. The fourth-order valence-electron chi connectivity index (χ4n) is 2.19. The van der Waals surface area contributed by atoms with Crippen molar-refractivity contribution >= 4 is 16.0 Å². The molecule has 0 saturated heterocycles. The first-order valence-corrected chi connectivity index (χ1v) is 8.56. The van der Waals surface area contributed by atoms with Crippen LogP contribution in [0.5, 0.6) is 0 Å². The Morgan fingerprint density at radius 1 is 1.42 bits per heavy atom. The van der Waals surface area contributed by atoms with Crippen LogP contribution in [0.15, 0.2) is 35.5 Å². The Bertz CT molecular complexity index is 818. The van der Waals surface area contributed by atoms with Crippen molar-refractivity contribution in [2.75, 3.05) is 13.7 Å². The summed E-state index contributed by atoms with van der Waals surface area (Å²) in [6.45, 7) is 2.50. The molecule has 0 spiro atoms. The lowest BCUT2D eigenvalue weighted by Gasteiger charge is -2.16. The van der Waals surface area contributed by atoms with Gasteiger partial charge in [-0.15, -0.1) is 10.2 Å². The minimum atomic E-state index is -4.04. The van der Waals surface area contributed by atoms with Crippen molar-refractivity contribution in [2.45, 2.75) is 24.4 Å². The van der Waals surface area contributed by atoms with Crippen LogP contribution in [0, 0.1) is 0 Å². The predicted octanol–water partition coefficient (Wildman–Crippen LogP) is 0.662. The molecule has 0 radical (unpaired) electrons. The van der Waals surface area contributed by atoms with Gasteiger partial charge in [0.1, 0.15) is 6.33 Å². The molecule has 2 aromatic rings. The number of ether oxygens (including phenoxy) is 1. The number of nitrogens with zero attached hydrogens (tertiary/aromatic N) is 3. The standard InChI is InChI=1S/C14H18N4O5S/c1-10(13-16-15-9-18(13)7-8-23-2)17-24(21,22)12-6-4-3-5-11(12)14(19)20/h3-6,9-10,17H,7-8H2,1-2H3,(H,19,20). The van der Waals surface area contributed by atoms with Gasteiger partial charge in [-0.1, -0.05) is 12.1 Å². The monoisotopic (exact) mass is 354 g/mol. The van der Waals surface area contributed by atoms with E-state index in [0.717, 1.165) is 0 Å². The van der Waals surface area contributed by atoms with Gasteiger partial charge in [0.2, 0.25) is 10.0 Å². The number of carbonyl (C=O) groups is 1. The third kappa shape index (κ3) is 3.96. The van der Waals surface area contributed by atoms with Crippen LogP contribution >= 0.6 is 0 Å². The van der Waals surface area contributed by atoms with Crippen molar-refractivity contribution < 1.29 is 23.1 Å². The van der Waals surface area contributed by atoms with Crippen molar-refractivity contribution in [3.8, 4) is 0 Å². The van der Waals surface area contributed by atoms with E-state index in [1.54, 1.807) is 18.6 Å². The maximum absolute atomic E-state index is 12.5. The Morgan fingerprint density at radius 3 is 2.79 bits per heavy atom. The highest BCUT2D eigenvalue weighted by Crippen LogP contribution is 2.19. The van der Waals surface area contributed by atoms with Gasteiger partial charge in [-0.25, -0.2) is 17.9 Å². The van der Waals surface area contributed by atoms with Gasteiger partial charge in [0, 0.05) is 13.7 Å². The maximum atomic E-state index is 12.5. The number of benzene rings is 1. The van der Waals surface area contributed by atoms with Crippen LogP contribution in [0.25, 0.3) is 0 Å². The first-order chi connectivity index (χ1) is 11.4. The lowest BCUT2D eigenvalue weighted by molar-refractivity contribution is 0.0692. The van der Waals surface area contributed by atoms with E-state index in [4.69, 9.17) is 9.84 Å². The van der Waals surface area contributed by atoms with E-state index in [1.807, 2.05) is 0 Å². The molecule has 1 aromatic heterocycles. The second-order valence-electron chi connectivity index (χ2n) is 5.02. The molecule has 10 heteroatoms. The maximum Gasteiger partial charge on any atom is 0.337 e. The minimum Gasteiger partial charge on any atom is -0.478 e. The smallest absolute Gasteiger partial charge is 0.337 e. The predicted molar refractivity (Wildman–Crippen MR) is 84.0 cm³/mol. The Kier molecular flexibility index (Phi) is 5.65. The van der Waals surface area contributed by atoms with Crippen LogP contribution in [-0.2, 0) is 21.3 Å². The first-order valence-electron chi connectivity index (χ1n) is 7.08. The van der Waals surface area contributed by atoms with Crippen LogP contribution in [0.3, 0.4) is 0 Å². The lowest BCUT2D eigenvalue weighted by Crippen LogP contribution is -2.30. The molecular weight excluding hydrogens is 336 g/mol. The number of rotatable bonds is 8. The summed E-state index contributed by atoms with van der Waals surface area (Å²) in [6.07, 6.45) is 1.48. The summed E-state index contributed by atoms with van der Waals surface area (Å²) in [7, 11) is -2.49. The van der Waals surface area contributed by atoms with Gasteiger partial charge in [0.25, 0.3) is 0 Å². The van der Waals surface area contributed by atoms with Crippen molar-refractivity contribution in [1.29, 1.82) is 0 Å². The zero-order chi connectivity index (χ0) is 17.7. The number of aromatic carboxylic acids is 1. The van der Waals surface area contributed by atoms with Crippen LogP contribution in [0.2, 0.25) is 0 Å². The SMILES string of the molecule is COCCn1cnnc1C(C)NS(=O)(=O)c1ccccc1C(=O)O. The number of carboxylic acids is 1. The fraction of sp³-hybridized carbons (Fsp3) is 0.357. The zero-order valence-electron chi connectivity index (χ0n) is 13.2. The normalized spacial score (nSPS) is 12.9. The van der Waals surface area contributed by atoms with Gasteiger partial charge in [0.15, 0.2) is 5.82 Å². The second kappa shape index (κ2) is 7.51. The Balaban J connectivity index is 2.27. The number of aromatic nitrogens is 3. The molecule has 0 aliphatic rings. The van der Waals surface area contributed by atoms with Crippen molar-refractivity contribution in [3.05, 3.63) is 42.0 Å². The van der Waals surface area contributed by atoms with Crippen LogP contribution in [0.1, 0.15) is 29.1 Å². The molecule has 1 heterocycles. The molecule has 0 fully saturated rings. The largest absolute Gasteiger partial charge is 0.478 e. The highest BCUT2D eigenvalue weighted by Gasteiger charge is 2.25. The van der Waals surface area contributed by atoms with E-state index in [0.29, 0.717) is 19.0 Å². The van der Waals surface area contributed by atoms with E-state index in [9.17, 15) is 13.2 Å². The highest BCUT2D eigenvalue weighted by atomic mass is 32.2. The lowest BCUT2D eigenvalue weighted by atomic mass is 10.2. The van der Waals surface area contributed by atoms with E-state index >= 15 is 0 Å². The van der Waals surface area contributed by atoms with Crippen LogP contribution in [0.4, 0.5) is 0 Å². The summed E-state index contributed by atoms with van der Waals surface area (Å²) in [4.78, 5) is 10.9. The van der Waals surface area contributed by atoms with Crippen molar-refractivity contribution in [1.82, 2.24) is 19.5 Å². The number of nitrogens with one attached hydrogen (secondary N) is 1. The molecule has 2 N–H and O–H groups in total. The fourth-order valence-corrected chi connectivity index (χ4v) is 3.59. The second-order valence-corrected chi connectivity index (χ2v) is 6.70. The Morgan fingerprint density at radius 2 is 2.12 bits per heavy atom. The molecule has 9 nitrogen and oxygen atoms in total. The molecule has 1 atom stereocenters. The number of sulfonamides is 1. The van der Waals surface area contributed by atoms with Crippen molar-refractivity contribution in [2.24, 2.45) is 0 Å². The van der Waals surface area contributed by atoms with Gasteiger partial charge in [-0.05, 0) is 19.1 Å². The Hall–Kier alpha value is -2.30. The summed E-state index contributed by atoms with van der Waals surface area (Å²) in [5, 5.41) is 16.8. The van der Waals surface area contributed by atoms with Gasteiger partial charge < -0.3 is 14.4 Å². The molecule has 2 rings (SSSR count). The topological polar surface area (TPSA) is 123 Å². The highest BCUT2D eigenvalue weighted by molar-refractivity contribution is 7.89. The molecule has 0 saturated carbocycles. The number of carboxylic acid groups (broad SMARTS) is 1. The molecule has 0 aliphatic heterocycles. The summed E-state index contributed by atoms with van der Waals surface area (Å²) in [5.74, 6) is -0.907. The zero-order valence-corrected chi connectivity index (χ0v) is 14.0. The minimum absolute atomic E-state index is 0.293. The Labute approximate surface area is 139 Å². The van der Waals surface area contributed by atoms with E-state index in [-0.39, 0.29) is 10.5 Å². The number of hydrogen-bond donors (Lipinski definition) is 2. The molecular formula is C14H18N4O5S. The molecule has 0 amide bonds. The summed E-state index contributed by atoms with van der Waals surface area (Å²) < 4.78 is 34.1. The molecule has 0 aliphatic carbocycles. The third-order valence-electron chi connectivity index (χ3n) is 3.31. The van der Waals surface area contributed by atoms with Crippen molar-refractivity contribution in [3.63, 3.8) is 0 Å². The van der Waals surface area contributed by atoms with Gasteiger partial charge >= 0.3 is 5.97 Å². The van der Waals surface area contributed by atoms with E-state index in [2.05, 4.69) is 14.9 Å². The average molecular weight is 354 g/mol. The van der Waals surface area contributed by atoms with Crippen LogP contribution in [-0.4, -0.2) is 48.0 Å². The van der Waals surface area contributed by atoms with Crippen LogP contribution < -0.4 is 4.72 Å².